The quantitative estimate of drug-likeness (QED) is 0.768. The van der Waals surface area contributed by atoms with Crippen molar-refractivity contribution in [3.8, 4) is 0 Å². The molecule has 102 valence electrons. The van der Waals surface area contributed by atoms with E-state index in [-0.39, 0.29) is 6.04 Å². The molecule has 4 heteroatoms. The molecule has 3 rings (SSSR count). The topological polar surface area (TPSA) is 26.0 Å². The van der Waals surface area contributed by atoms with Gasteiger partial charge >= 0.3 is 0 Å². The molecule has 0 amide bonds. The van der Waals surface area contributed by atoms with E-state index in [0.717, 1.165) is 9.90 Å². The zero-order valence-electron chi connectivity index (χ0n) is 11.0. The van der Waals surface area contributed by atoms with E-state index in [1.54, 1.807) is 16.2 Å². The van der Waals surface area contributed by atoms with Crippen molar-refractivity contribution in [2.24, 2.45) is 5.73 Å². The highest BCUT2D eigenvalue weighted by Crippen LogP contribution is 2.37. The molecule has 1 unspecified atom stereocenters. The molecule has 0 radical (unpaired) electrons. The molecule has 1 aliphatic rings. The van der Waals surface area contributed by atoms with Gasteiger partial charge in [0.1, 0.15) is 0 Å². The molecule has 2 N–H and O–H groups in total. The highest BCUT2D eigenvalue weighted by Gasteiger charge is 2.19. The number of hydrogen-bond donors (Lipinski definition) is 1. The molecular formula is C15H18ClNS2. The van der Waals surface area contributed by atoms with Crippen LogP contribution in [0, 0.1) is 6.92 Å². The molecule has 2 aromatic rings. The van der Waals surface area contributed by atoms with Crippen LogP contribution in [-0.2, 0) is 12.8 Å². The summed E-state index contributed by atoms with van der Waals surface area (Å²) in [6.07, 6.45) is 6.47. The Labute approximate surface area is 127 Å². The van der Waals surface area contributed by atoms with Crippen molar-refractivity contribution in [2.45, 2.75) is 45.1 Å². The molecule has 0 fully saturated rings. The summed E-state index contributed by atoms with van der Waals surface area (Å²) in [5.74, 6) is 0. The van der Waals surface area contributed by atoms with Gasteiger partial charge in [-0.15, -0.1) is 22.7 Å². The molecule has 0 aromatic carbocycles. The van der Waals surface area contributed by atoms with Gasteiger partial charge in [-0.3, -0.25) is 0 Å². The number of halogens is 1. The van der Waals surface area contributed by atoms with E-state index in [9.17, 15) is 0 Å². The van der Waals surface area contributed by atoms with E-state index in [2.05, 4.69) is 12.1 Å². The maximum absolute atomic E-state index is 6.41. The van der Waals surface area contributed by atoms with Crippen molar-refractivity contribution < 1.29 is 0 Å². The van der Waals surface area contributed by atoms with Gasteiger partial charge < -0.3 is 5.73 Å². The van der Waals surface area contributed by atoms with Crippen molar-refractivity contribution in [3.63, 3.8) is 0 Å². The largest absolute Gasteiger partial charge is 0.319 e. The Morgan fingerprint density at radius 2 is 1.84 bits per heavy atom. The average molecular weight is 312 g/mol. The Hall–Kier alpha value is -0.350. The average Bonchev–Trinajstić information content (AvgIpc) is 2.87. The van der Waals surface area contributed by atoms with Crippen molar-refractivity contribution >= 4 is 34.3 Å². The number of nitrogens with two attached hydrogens (primary N) is 1. The third-order valence-corrected chi connectivity index (χ3v) is 6.71. The molecular weight excluding hydrogens is 294 g/mol. The Morgan fingerprint density at radius 3 is 2.58 bits per heavy atom. The van der Waals surface area contributed by atoms with Crippen LogP contribution in [0.1, 0.15) is 51.1 Å². The molecule has 0 saturated heterocycles. The predicted octanol–water partition coefficient (Wildman–Crippen LogP) is 5.09. The van der Waals surface area contributed by atoms with Crippen LogP contribution < -0.4 is 5.73 Å². The maximum Gasteiger partial charge on any atom is 0.0961 e. The van der Waals surface area contributed by atoms with E-state index in [4.69, 9.17) is 17.3 Å². The van der Waals surface area contributed by atoms with E-state index < -0.39 is 0 Å². The number of aryl methyl sites for hydroxylation is 3. The normalized spacial score (nSPS) is 17.0. The minimum atomic E-state index is -0.00636. The van der Waals surface area contributed by atoms with Crippen LogP contribution >= 0.6 is 34.3 Å². The van der Waals surface area contributed by atoms with Crippen LogP contribution in [0.4, 0.5) is 0 Å². The Kier molecular flexibility index (Phi) is 3.99. The van der Waals surface area contributed by atoms with E-state index in [1.807, 2.05) is 18.3 Å². The van der Waals surface area contributed by atoms with Crippen molar-refractivity contribution in [3.05, 3.63) is 42.2 Å². The molecule has 19 heavy (non-hydrogen) atoms. The van der Waals surface area contributed by atoms with Crippen molar-refractivity contribution in [1.82, 2.24) is 0 Å². The first-order valence-electron chi connectivity index (χ1n) is 6.78. The first kappa shape index (κ1) is 13.6. The predicted molar refractivity (Wildman–Crippen MR) is 85.7 cm³/mol. The minimum absolute atomic E-state index is 0.00636. The summed E-state index contributed by atoms with van der Waals surface area (Å²) in [5, 5.41) is 0. The van der Waals surface area contributed by atoms with Gasteiger partial charge in [-0.05, 0) is 55.9 Å². The standard InChI is InChI=1S/C15H18ClNS2/c1-9-7-12(19-15(9)16)14(17)13-8-10-5-3-2-4-6-11(10)18-13/h7-8,14H,2-6,17H2,1H3. The van der Waals surface area contributed by atoms with Gasteiger partial charge in [0.15, 0.2) is 0 Å². The fraction of sp³-hybridized carbons (Fsp3) is 0.467. The molecule has 0 aliphatic heterocycles. The summed E-state index contributed by atoms with van der Waals surface area (Å²) in [7, 11) is 0. The maximum atomic E-state index is 6.41. The van der Waals surface area contributed by atoms with Gasteiger partial charge in [-0.1, -0.05) is 18.0 Å². The monoisotopic (exact) mass is 311 g/mol. The second kappa shape index (κ2) is 5.57. The highest BCUT2D eigenvalue weighted by molar-refractivity contribution is 7.17. The number of fused-ring (bicyclic) bond motifs is 1. The molecule has 2 aromatic heterocycles. The lowest BCUT2D eigenvalue weighted by molar-refractivity contribution is 0.712. The molecule has 1 aliphatic carbocycles. The fourth-order valence-corrected chi connectivity index (χ4v) is 5.21. The summed E-state index contributed by atoms with van der Waals surface area (Å²) in [6.45, 7) is 2.04. The van der Waals surface area contributed by atoms with Crippen LogP contribution in [0.5, 0.6) is 0 Å². The van der Waals surface area contributed by atoms with Crippen LogP contribution in [0.2, 0.25) is 4.34 Å². The summed E-state index contributed by atoms with van der Waals surface area (Å²) in [4.78, 5) is 4.03. The lowest BCUT2D eigenvalue weighted by Gasteiger charge is -2.06. The van der Waals surface area contributed by atoms with Crippen LogP contribution in [0.3, 0.4) is 0 Å². The lowest BCUT2D eigenvalue weighted by Crippen LogP contribution is -2.08. The van der Waals surface area contributed by atoms with Crippen molar-refractivity contribution in [2.75, 3.05) is 0 Å². The lowest BCUT2D eigenvalue weighted by atomic mass is 10.1. The second-order valence-corrected chi connectivity index (χ2v) is 8.10. The summed E-state index contributed by atoms with van der Waals surface area (Å²) in [6, 6.07) is 4.45. The molecule has 1 nitrogen and oxygen atoms in total. The first-order valence-corrected chi connectivity index (χ1v) is 8.79. The molecule has 2 heterocycles. The summed E-state index contributed by atoms with van der Waals surface area (Å²) >= 11 is 9.67. The van der Waals surface area contributed by atoms with Gasteiger partial charge in [-0.2, -0.15) is 0 Å². The van der Waals surface area contributed by atoms with Crippen LogP contribution in [0.25, 0.3) is 0 Å². The minimum Gasteiger partial charge on any atom is -0.319 e. The first-order chi connectivity index (χ1) is 9.15. The van der Waals surface area contributed by atoms with Gasteiger partial charge in [-0.25, -0.2) is 0 Å². The highest BCUT2D eigenvalue weighted by atomic mass is 35.5. The fourth-order valence-electron chi connectivity index (χ4n) is 2.62. The van der Waals surface area contributed by atoms with Gasteiger partial charge in [0, 0.05) is 14.6 Å². The number of rotatable bonds is 2. The second-order valence-electron chi connectivity index (χ2n) is 5.24. The Bertz CT molecular complexity index is 542. The zero-order valence-corrected chi connectivity index (χ0v) is 13.4. The van der Waals surface area contributed by atoms with E-state index in [1.165, 1.54) is 47.4 Å². The molecule has 0 spiro atoms. The third-order valence-electron chi connectivity index (χ3n) is 3.75. The van der Waals surface area contributed by atoms with Crippen LogP contribution in [0.15, 0.2) is 12.1 Å². The van der Waals surface area contributed by atoms with Gasteiger partial charge in [0.25, 0.3) is 0 Å². The summed E-state index contributed by atoms with van der Waals surface area (Å²) < 4.78 is 0.864. The number of hydrogen-bond acceptors (Lipinski definition) is 3. The molecule has 0 saturated carbocycles. The third kappa shape index (κ3) is 2.75. The zero-order chi connectivity index (χ0) is 13.4. The van der Waals surface area contributed by atoms with E-state index >= 15 is 0 Å². The van der Waals surface area contributed by atoms with Gasteiger partial charge in [0.2, 0.25) is 0 Å². The number of thiophene rings is 2. The molecule has 1 atom stereocenters. The Balaban J connectivity index is 1.89. The smallest absolute Gasteiger partial charge is 0.0961 e. The van der Waals surface area contributed by atoms with Crippen LogP contribution in [-0.4, -0.2) is 0 Å². The van der Waals surface area contributed by atoms with E-state index in [0.29, 0.717) is 0 Å². The van der Waals surface area contributed by atoms with Gasteiger partial charge in [0.05, 0.1) is 10.4 Å². The Morgan fingerprint density at radius 1 is 1.11 bits per heavy atom. The summed E-state index contributed by atoms with van der Waals surface area (Å²) in [5.41, 5.74) is 9.08. The SMILES string of the molecule is Cc1cc(C(N)c2cc3c(s2)CCCCC3)sc1Cl. The molecule has 0 bridgehead atoms. The van der Waals surface area contributed by atoms with Crippen molar-refractivity contribution in [1.29, 1.82) is 0 Å².